The molecule has 0 radical (unpaired) electrons. The molecule has 1 fully saturated rings. The summed E-state index contributed by atoms with van der Waals surface area (Å²) in [6.07, 6.45) is 1.01. The first-order valence-electron chi connectivity index (χ1n) is 4.97. The van der Waals surface area contributed by atoms with Gasteiger partial charge in [-0.05, 0) is 24.0 Å². The average molecular weight is 218 g/mol. The van der Waals surface area contributed by atoms with E-state index in [1.54, 1.807) is 0 Å². The summed E-state index contributed by atoms with van der Waals surface area (Å²) < 4.78 is 6.04. The molecule has 1 aliphatic heterocycles. The van der Waals surface area contributed by atoms with Gasteiger partial charge in [0, 0.05) is 11.8 Å². The van der Waals surface area contributed by atoms with Crippen LogP contribution in [0.15, 0.2) is 0 Å². The largest absolute Gasteiger partial charge is 0.379 e. The van der Waals surface area contributed by atoms with Gasteiger partial charge in [0.05, 0.1) is 5.60 Å². The summed E-state index contributed by atoms with van der Waals surface area (Å²) in [7, 11) is 2.16. The van der Waals surface area contributed by atoms with Crippen LogP contribution < -0.4 is 0 Å². The molecule has 1 unspecified atom stereocenters. The number of hydrogen-bond donors (Lipinski definition) is 2. The molecular weight excluding hydrogens is 199 g/mol. The molecule has 4 atom stereocenters. The number of hydrogen-bond acceptors (Lipinski definition) is 3. The lowest BCUT2D eigenvalue weighted by molar-refractivity contribution is -0.0134. The quantitative estimate of drug-likeness (QED) is 0.535. The van der Waals surface area contributed by atoms with Crippen molar-refractivity contribution in [2.75, 3.05) is 11.5 Å². The van der Waals surface area contributed by atoms with E-state index < -0.39 is 0 Å². The van der Waals surface area contributed by atoms with Crippen molar-refractivity contribution >= 4 is 33.1 Å². The molecule has 76 valence electrons. The van der Waals surface area contributed by atoms with Gasteiger partial charge in [0.2, 0.25) is 0 Å². The van der Waals surface area contributed by atoms with E-state index in [1.165, 1.54) is 0 Å². The zero-order chi connectivity index (χ0) is 10.1. The first kappa shape index (κ1) is 11.8. The first-order chi connectivity index (χ1) is 6.07. The molecule has 1 saturated heterocycles. The average Bonchev–Trinajstić information content (AvgIpc) is 2.32. The molecular formula is C9H19BOS2. The van der Waals surface area contributed by atoms with Crippen molar-refractivity contribution in [2.24, 2.45) is 11.8 Å². The number of rotatable bonds is 3. The van der Waals surface area contributed by atoms with Crippen molar-refractivity contribution in [3.05, 3.63) is 0 Å². The van der Waals surface area contributed by atoms with Gasteiger partial charge in [0.15, 0.2) is 0 Å². The minimum Gasteiger partial charge on any atom is -0.379 e. The van der Waals surface area contributed by atoms with Crippen LogP contribution in [0, 0.1) is 11.8 Å². The van der Waals surface area contributed by atoms with Crippen molar-refractivity contribution in [3.8, 4) is 0 Å². The maximum absolute atomic E-state index is 6.04. The third-order valence-corrected chi connectivity index (χ3v) is 4.34. The van der Waals surface area contributed by atoms with Crippen LogP contribution in [-0.4, -0.2) is 31.0 Å². The second kappa shape index (κ2) is 4.50. The van der Waals surface area contributed by atoms with Crippen molar-refractivity contribution in [3.63, 3.8) is 0 Å². The molecule has 1 aliphatic rings. The summed E-state index contributed by atoms with van der Waals surface area (Å²) in [6.45, 7) is 4.53. The molecule has 0 N–H and O–H groups in total. The third-order valence-electron chi connectivity index (χ3n) is 3.58. The van der Waals surface area contributed by atoms with Gasteiger partial charge in [-0.25, -0.2) is 0 Å². The SMILES string of the molecule is B[C@@H]1O[C@@](CS)(CCS)C(C)[C@@H]1C. The van der Waals surface area contributed by atoms with Crippen LogP contribution in [0.5, 0.6) is 0 Å². The standard InChI is InChI=1S/C9H19BOS2/c1-6-7(2)9(5-13,3-4-12)11-8(6)10/h6-8,12-13H,3-5,10H2,1-2H3/t6-,7?,8+,9+/m0/s1. The first-order valence-corrected chi connectivity index (χ1v) is 6.23. The third kappa shape index (κ3) is 2.05. The van der Waals surface area contributed by atoms with Gasteiger partial charge >= 0.3 is 0 Å². The molecule has 1 rings (SSSR count). The Morgan fingerprint density at radius 3 is 2.31 bits per heavy atom. The van der Waals surface area contributed by atoms with Gasteiger partial charge in [-0.2, -0.15) is 25.3 Å². The highest BCUT2D eigenvalue weighted by Crippen LogP contribution is 2.42. The van der Waals surface area contributed by atoms with E-state index in [4.69, 9.17) is 4.74 Å². The van der Waals surface area contributed by atoms with Gasteiger partial charge in [0.1, 0.15) is 7.85 Å². The molecule has 0 aromatic rings. The highest BCUT2D eigenvalue weighted by molar-refractivity contribution is 7.80. The molecule has 1 nitrogen and oxygen atoms in total. The van der Waals surface area contributed by atoms with Crippen LogP contribution >= 0.6 is 25.3 Å². The smallest absolute Gasteiger partial charge is 0.139 e. The maximum atomic E-state index is 6.04. The van der Waals surface area contributed by atoms with E-state index in [0.29, 0.717) is 17.8 Å². The van der Waals surface area contributed by atoms with Crippen molar-refractivity contribution in [1.82, 2.24) is 0 Å². The Bertz CT molecular complexity index is 179. The summed E-state index contributed by atoms with van der Waals surface area (Å²) in [6, 6.07) is 0.363. The summed E-state index contributed by atoms with van der Waals surface area (Å²) >= 11 is 8.71. The molecule has 0 spiro atoms. The van der Waals surface area contributed by atoms with Crippen LogP contribution in [0.4, 0.5) is 0 Å². The Balaban J connectivity index is 2.76. The molecule has 0 aliphatic carbocycles. The fourth-order valence-corrected chi connectivity index (χ4v) is 3.11. The summed E-state index contributed by atoms with van der Waals surface area (Å²) in [4.78, 5) is 0. The monoisotopic (exact) mass is 218 g/mol. The summed E-state index contributed by atoms with van der Waals surface area (Å²) in [5.74, 6) is 2.91. The van der Waals surface area contributed by atoms with Gasteiger partial charge in [-0.1, -0.05) is 13.8 Å². The van der Waals surface area contributed by atoms with Crippen molar-refractivity contribution in [1.29, 1.82) is 0 Å². The van der Waals surface area contributed by atoms with E-state index in [1.807, 2.05) is 0 Å². The Labute approximate surface area is 93.2 Å². The van der Waals surface area contributed by atoms with Crippen LogP contribution in [0.2, 0.25) is 0 Å². The molecule has 4 heteroatoms. The Kier molecular flexibility index (Phi) is 4.08. The van der Waals surface area contributed by atoms with Crippen molar-refractivity contribution in [2.45, 2.75) is 31.9 Å². The van der Waals surface area contributed by atoms with Crippen LogP contribution in [0.25, 0.3) is 0 Å². The molecule has 0 aromatic heterocycles. The van der Waals surface area contributed by atoms with Crippen molar-refractivity contribution < 1.29 is 4.74 Å². The lowest BCUT2D eigenvalue weighted by Gasteiger charge is -2.31. The van der Waals surface area contributed by atoms with E-state index in [0.717, 1.165) is 17.9 Å². The fourth-order valence-electron chi connectivity index (χ4n) is 2.21. The molecule has 0 amide bonds. The van der Waals surface area contributed by atoms with Gasteiger partial charge in [-0.15, -0.1) is 0 Å². The lowest BCUT2D eigenvalue weighted by atomic mass is 9.77. The molecule has 0 aromatic carbocycles. The van der Waals surface area contributed by atoms with E-state index in [9.17, 15) is 0 Å². The zero-order valence-electron chi connectivity index (χ0n) is 8.66. The number of thiol groups is 2. The highest BCUT2D eigenvalue weighted by atomic mass is 32.1. The fraction of sp³-hybridized carbons (Fsp3) is 1.00. The topological polar surface area (TPSA) is 9.23 Å². The second-order valence-corrected chi connectivity index (χ2v) is 4.93. The summed E-state index contributed by atoms with van der Waals surface area (Å²) in [5, 5.41) is 0. The van der Waals surface area contributed by atoms with Gasteiger partial charge < -0.3 is 4.74 Å². The highest BCUT2D eigenvalue weighted by Gasteiger charge is 2.47. The van der Waals surface area contributed by atoms with E-state index in [-0.39, 0.29) is 5.60 Å². The predicted molar refractivity (Wildman–Crippen MR) is 66.8 cm³/mol. The predicted octanol–water partition coefficient (Wildman–Crippen LogP) is 1.24. The number of ether oxygens (including phenoxy) is 1. The normalized spacial score (nSPS) is 45.4. The molecule has 1 heterocycles. The zero-order valence-corrected chi connectivity index (χ0v) is 10.4. The molecule has 0 saturated carbocycles. The van der Waals surface area contributed by atoms with Crippen LogP contribution in [-0.2, 0) is 4.74 Å². The van der Waals surface area contributed by atoms with Crippen LogP contribution in [0.1, 0.15) is 20.3 Å². The minimum atomic E-state index is -0.0241. The van der Waals surface area contributed by atoms with Gasteiger partial charge in [-0.3, -0.25) is 0 Å². The van der Waals surface area contributed by atoms with Crippen LogP contribution in [0.3, 0.4) is 0 Å². The van der Waals surface area contributed by atoms with E-state index in [2.05, 4.69) is 47.0 Å². The Morgan fingerprint density at radius 1 is 1.38 bits per heavy atom. The summed E-state index contributed by atoms with van der Waals surface area (Å²) in [5.41, 5.74) is -0.0241. The maximum Gasteiger partial charge on any atom is 0.139 e. The van der Waals surface area contributed by atoms with Gasteiger partial charge in [0.25, 0.3) is 0 Å². The molecule has 13 heavy (non-hydrogen) atoms. The Hall–Kier alpha value is 0.725. The second-order valence-electron chi connectivity index (χ2n) is 4.17. The molecule has 0 bridgehead atoms. The van der Waals surface area contributed by atoms with E-state index >= 15 is 0 Å². The minimum absolute atomic E-state index is 0.0241. The Morgan fingerprint density at radius 2 is 2.00 bits per heavy atom. The lowest BCUT2D eigenvalue weighted by Crippen LogP contribution is -2.38.